The standard InChI is InChI=1S/C7H15NO3S/c1-7(2,3)8-12(9,10)6-4-11-5-6/h6,8H,4-5H2,1-3H3. The molecule has 1 fully saturated rings. The van der Waals surface area contributed by atoms with Gasteiger partial charge in [-0.05, 0) is 20.8 Å². The van der Waals surface area contributed by atoms with Crippen molar-refractivity contribution in [2.45, 2.75) is 31.6 Å². The lowest BCUT2D eigenvalue weighted by molar-refractivity contribution is 0.0408. The maximum absolute atomic E-state index is 11.4. The van der Waals surface area contributed by atoms with Crippen LogP contribution in [0.25, 0.3) is 0 Å². The first-order chi connectivity index (χ1) is 5.31. The van der Waals surface area contributed by atoms with E-state index in [0.29, 0.717) is 13.2 Å². The van der Waals surface area contributed by atoms with Gasteiger partial charge in [0, 0.05) is 5.54 Å². The van der Waals surface area contributed by atoms with E-state index < -0.39 is 15.6 Å². The number of rotatable bonds is 2. The third-order valence-corrected chi connectivity index (χ3v) is 3.54. The number of hydrogen-bond donors (Lipinski definition) is 1. The fourth-order valence-corrected chi connectivity index (χ4v) is 2.47. The fraction of sp³-hybridized carbons (Fsp3) is 1.00. The molecule has 0 aromatic heterocycles. The molecule has 72 valence electrons. The number of nitrogens with one attached hydrogen (secondary N) is 1. The van der Waals surface area contributed by atoms with E-state index in [-0.39, 0.29) is 5.25 Å². The molecule has 0 radical (unpaired) electrons. The normalized spacial score (nSPS) is 20.6. The zero-order chi connectivity index (χ0) is 9.41. The number of hydrogen-bond acceptors (Lipinski definition) is 3. The van der Waals surface area contributed by atoms with Crippen molar-refractivity contribution in [3.8, 4) is 0 Å². The Morgan fingerprint density at radius 2 is 1.83 bits per heavy atom. The molecular formula is C7H15NO3S. The van der Waals surface area contributed by atoms with Gasteiger partial charge in [-0.15, -0.1) is 0 Å². The van der Waals surface area contributed by atoms with Gasteiger partial charge in [-0.25, -0.2) is 13.1 Å². The highest BCUT2D eigenvalue weighted by Crippen LogP contribution is 2.13. The SMILES string of the molecule is CC(C)(C)NS(=O)(=O)C1COC1. The van der Waals surface area contributed by atoms with Crippen molar-refractivity contribution >= 4 is 10.0 Å². The van der Waals surface area contributed by atoms with Gasteiger partial charge < -0.3 is 4.74 Å². The second-order valence-electron chi connectivity index (χ2n) is 4.06. The molecule has 1 aliphatic rings. The second kappa shape index (κ2) is 2.97. The molecule has 0 aliphatic carbocycles. The molecule has 0 aromatic carbocycles. The first-order valence-electron chi connectivity index (χ1n) is 3.92. The highest BCUT2D eigenvalue weighted by molar-refractivity contribution is 7.90. The van der Waals surface area contributed by atoms with Crippen LogP contribution in [0, 0.1) is 0 Å². The molecule has 1 heterocycles. The summed E-state index contributed by atoms with van der Waals surface area (Å²) >= 11 is 0. The van der Waals surface area contributed by atoms with Crippen LogP contribution in [-0.4, -0.2) is 32.4 Å². The fourth-order valence-electron chi connectivity index (χ4n) is 0.903. The lowest BCUT2D eigenvalue weighted by atomic mass is 10.1. The lowest BCUT2D eigenvalue weighted by Gasteiger charge is -2.30. The maximum atomic E-state index is 11.4. The molecule has 1 N–H and O–H groups in total. The first-order valence-corrected chi connectivity index (χ1v) is 5.46. The van der Waals surface area contributed by atoms with Gasteiger partial charge in [0.2, 0.25) is 10.0 Å². The maximum Gasteiger partial charge on any atom is 0.219 e. The minimum atomic E-state index is -3.16. The van der Waals surface area contributed by atoms with Gasteiger partial charge in [-0.3, -0.25) is 0 Å². The quantitative estimate of drug-likeness (QED) is 0.677. The molecule has 0 spiro atoms. The molecule has 1 aliphatic heterocycles. The second-order valence-corrected chi connectivity index (χ2v) is 6.02. The summed E-state index contributed by atoms with van der Waals surface area (Å²) < 4.78 is 30.3. The highest BCUT2D eigenvalue weighted by atomic mass is 32.2. The van der Waals surface area contributed by atoms with Crippen LogP contribution >= 0.6 is 0 Å². The summed E-state index contributed by atoms with van der Waals surface area (Å²) in [6.07, 6.45) is 0. The Kier molecular flexibility index (Phi) is 2.47. The molecule has 12 heavy (non-hydrogen) atoms. The summed E-state index contributed by atoms with van der Waals surface area (Å²) in [5.74, 6) is 0. The number of sulfonamides is 1. The van der Waals surface area contributed by atoms with E-state index in [1.807, 2.05) is 20.8 Å². The molecular weight excluding hydrogens is 178 g/mol. The van der Waals surface area contributed by atoms with Crippen LogP contribution < -0.4 is 4.72 Å². The van der Waals surface area contributed by atoms with Gasteiger partial charge in [-0.2, -0.15) is 0 Å². The Hall–Kier alpha value is -0.130. The van der Waals surface area contributed by atoms with Gasteiger partial charge in [-0.1, -0.05) is 0 Å². The minimum absolute atomic E-state index is 0.325. The predicted molar refractivity (Wildman–Crippen MR) is 46.4 cm³/mol. The van der Waals surface area contributed by atoms with Crippen LogP contribution in [0.1, 0.15) is 20.8 Å². The summed E-state index contributed by atoms with van der Waals surface area (Å²) in [5, 5.41) is -0.350. The van der Waals surface area contributed by atoms with Crippen LogP contribution in [0.5, 0.6) is 0 Å². The van der Waals surface area contributed by atoms with Gasteiger partial charge in [0.1, 0.15) is 5.25 Å². The van der Waals surface area contributed by atoms with Crippen molar-refractivity contribution in [1.29, 1.82) is 0 Å². The molecule has 0 saturated carbocycles. The Labute approximate surface area is 73.3 Å². The summed E-state index contributed by atoms with van der Waals surface area (Å²) in [6, 6.07) is 0. The van der Waals surface area contributed by atoms with Crippen molar-refractivity contribution in [3.63, 3.8) is 0 Å². The highest BCUT2D eigenvalue weighted by Gasteiger charge is 2.34. The van der Waals surface area contributed by atoms with E-state index in [0.717, 1.165) is 0 Å². The zero-order valence-electron chi connectivity index (χ0n) is 7.62. The molecule has 5 heteroatoms. The Bertz CT molecular complexity index is 248. The molecule has 4 nitrogen and oxygen atoms in total. The number of ether oxygens (including phenoxy) is 1. The summed E-state index contributed by atoms with van der Waals surface area (Å²) in [6.45, 7) is 6.12. The van der Waals surface area contributed by atoms with Crippen LogP contribution in [0.3, 0.4) is 0 Å². The molecule has 0 unspecified atom stereocenters. The van der Waals surface area contributed by atoms with Crippen LogP contribution in [0.15, 0.2) is 0 Å². The zero-order valence-corrected chi connectivity index (χ0v) is 8.44. The molecule has 1 saturated heterocycles. The molecule has 1 rings (SSSR count). The van der Waals surface area contributed by atoms with E-state index >= 15 is 0 Å². The molecule has 0 bridgehead atoms. The van der Waals surface area contributed by atoms with Crippen molar-refractivity contribution in [1.82, 2.24) is 4.72 Å². The molecule has 0 atom stereocenters. The Morgan fingerprint density at radius 1 is 1.33 bits per heavy atom. The Balaban J connectivity index is 2.60. The average molecular weight is 193 g/mol. The average Bonchev–Trinajstić information content (AvgIpc) is 1.45. The van der Waals surface area contributed by atoms with Gasteiger partial charge in [0.15, 0.2) is 0 Å². The molecule has 0 amide bonds. The minimum Gasteiger partial charge on any atom is -0.378 e. The Morgan fingerprint density at radius 3 is 2.08 bits per heavy atom. The van der Waals surface area contributed by atoms with E-state index in [1.165, 1.54) is 0 Å². The van der Waals surface area contributed by atoms with Crippen molar-refractivity contribution in [2.75, 3.05) is 13.2 Å². The smallest absolute Gasteiger partial charge is 0.219 e. The van der Waals surface area contributed by atoms with Gasteiger partial charge in [0.25, 0.3) is 0 Å². The monoisotopic (exact) mass is 193 g/mol. The van der Waals surface area contributed by atoms with Gasteiger partial charge in [0.05, 0.1) is 13.2 Å². The third-order valence-electron chi connectivity index (χ3n) is 1.49. The van der Waals surface area contributed by atoms with E-state index in [9.17, 15) is 8.42 Å². The van der Waals surface area contributed by atoms with Crippen molar-refractivity contribution < 1.29 is 13.2 Å². The summed E-state index contributed by atoms with van der Waals surface area (Å²) in [7, 11) is -3.16. The summed E-state index contributed by atoms with van der Waals surface area (Å²) in [5.41, 5.74) is -0.394. The van der Waals surface area contributed by atoms with E-state index in [1.54, 1.807) is 0 Å². The van der Waals surface area contributed by atoms with E-state index in [2.05, 4.69) is 4.72 Å². The summed E-state index contributed by atoms with van der Waals surface area (Å²) in [4.78, 5) is 0. The topological polar surface area (TPSA) is 55.4 Å². The van der Waals surface area contributed by atoms with Crippen LogP contribution in [0.2, 0.25) is 0 Å². The van der Waals surface area contributed by atoms with Gasteiger partial charge >= 0.3 is 0 Å². The predicted octanol–water partition coefficient (Wildman–Crippen LogP) is 0.103. The van der Waals surface area contributed by atoms with Crippen molar-refractivity contribution in [3.05, 3.63) is 0 Å². The first kappa shape index (κ1) is 9.95. The van der Waals surface area contributed by atoms with Crippen LogP contribution in [0.4, 0.5) is 0 Å². The largest absolute Gasteiger partial charge is 0.378 e. The van der Waals surface area contributed by atoms with E-state index in [4.69, 9.17) is 4.74 Å². The lowest BCUT2D eigenvalue weighted by Crippen LogP contribution is -2.52. The van der Waals surface area contributed by atoms with Crippen molar-refractivity contribution in [2.24, 2.45) is 0 Å². The van der Waals surface area contributed by atoms with Crippen LogP contribution in [-0.2, 0) is 14.8 Å². The molecule has 0 aromatic rings. The third kappa shape index (κ3) is 2.43.